The van der Waals surface area contributed by atoms with E-state index >= 15 is 0 Å². The molecule has 0 radical (unpaired) electrons. The van der Waals surface area contributed by atoms with E-state index in [0.29, 0.717) is 5.76 Å². The lowest BCUT2D eigenvalue weighted by atomic mass is 10.00. The van der Waals surface area contributed by atoms with Crippen LogP contribution in [0.2, 0.25) is 0 Å². The minimum atomic E-state index is -4.52. The maximum Gasteiger partial charge on any atom is 0.406 e. The van der Waals surface area contributed by atoms with Gasteiger partial charge in [-0.1, -0.05) is 17.7 Å². The summed E-state index contributed by atoms with van der Waals surface area (Å²) in [5.41, 5.74) is 2.46. The fourth-order valence-corrected chi connectivity index (χ4v) is 4.26. The van der Waals surface area contributed by atoms with E-state index in [1.807, 2.05) is 17.5 Å². The molecule has 3 atom stereocenters. The first kappa shape index (κ1) is 19.3. The Morgan fingerprint density at radius 2 is 2.21 bits per heavy atom. The van der Waals surface area contributed by atoms with E-state index in [-0.39, 0.29) is 23.7 Å². The van der Waals surface area contributed by atoms with Crippen molar-refractivity contribution in [1.82, 2.24) is 21.1 Å². The van der Waals surface area contributed by atoms with Crippen molar-refractivity contribution in [2.24, 2.45) is 0 Å². The largest absolute Gasteiger partial charge is 0.468 e. The number of carbonyl (C=O) groups excluding carboxylic acids is 1. The summed E-state index contributed by atoms with van der Waals surface area (Å²) in [5, 5.41) is 8.49. The Balaban J connectivity index is 1.55. The topological polar surface area (TPSA) is 69.5 Å². The fraction of sp³-hybridized carbons (Fsp3) is 0.353. The van der Waals surface area contributed by atoms with Crippen molar-refractivity contribution < 1.29 is 22.4 Å². The lowest BCUT2D eigenvalue weighted by Crippen LogP contribution is -2.63. The Morgan fingerprint density at radius 1 is 1.39 bits per heavy atom. The summed E-state index contributed by atoms with van der Waals surface area (Å²) in [4.78, 5) is 13.4. The number of fused-ring (bicyclic) bond motifs is 1. The van der Waals surface area contributed by atoms with Gasteiger partial charge in [-0.3, -0.25) is 10.1 Å². The molecule has 28 heavy (non-hydrogen) atoms. The highest BCUT2D eigenvalue weighted by Gasteiger charge is 2.54. The normalized spacial score (nSPS) is 25.5. The van der Waals surface area contributed by atoms with Gasteiger partial charge < -0.3 is 15.2 Å². The summed E-state index contributed by atoms with van der Waals surface area (Å²) in [6, 6.07) is 4.38. The molecule has 2 aliphatic rings. The van der Waals surface area contributed by atoms with Crippen molar-refractivity contribution in [2.75, 3.05) is 0 Å². The lowest BCUT2D eigenvalue weighted by molar-refractivity contribution is -0.207. The second kappa shape index (κ2) is 7.43. The Hall–Kier alpha value is -2.01. The molecule has 2 aromatic heterocycles. The molecule has 3 N–H and O–H groups in total. The molecule has 0 spiro atoms. The van der Waals surface area contributed by atoms with Crippen molar-refractivity contribution in [3.63, 3.8) is 0 Å². The molecule has 11 heteroatoms. The van der Waals surface area contributed by atoms with E-state index in [1.165, 1.54) is 17.6 Å². The summed E-state index contributed by atoms with van der Waals surface area (Å²) < 4.78 is 46.3. The summed E-state index contributed by atoms with van der Waals surface area (Å²) >= 11 is 7.77. The van der Waals surface area contributed by atoms with Gasteiger partial charge in [0.25, 0.3) is 5.91 Å². The quantitative estimate of drug-likeness (QED) is 0.692. The first-order valence-corrected chi connectivity index (χ1v) is 9.71. The number of thiophene rings is 1. The predicted octanol–water partition coefficient (Wildman–Crippen LogP) is 3.22. The van der Waals surface area contributed by atoms with Crippen LogP contribution in [0, 0.1) is 0 Å². The molecule has 0 saturated carbocycles. The van der Waals surface area contributed by atoms with Crippen LogP contribution in [0.4, 0.5) is 13.2 Å². The molecule has 2 aliphatic heterocycles. The van der Waals surface area contributed by atoms with E-state index in [4.69, 9.17) is 16.0 Å². The molecule has 6 nitrogen and oxygen atoms in total. The number of amides is 1. The van der Waals surface area contributed by atoms with Gasteiger partial charge in [-0.2, -0.15) is 18.2 Å². The maximum atomic E-state index is 13.7. The van der Waals surface area contributed by atoms with E-state index in [9.17, 15) is 18.0 Å². The highest BCUT2D eigenvalue weighted by molar-refractivity contribution is 7.09. The van der Waals surface area contributed by atoms with Crippen molar-refractivity contribution in [2.45, 2.75) is 37.4 Å². The SMILES string of the molecule is O=C(NCc1cccs1)C1=C(Cl)C2N[C@H](c3ccco3)C[C@H](C(F)(F)F)N2N1. The van der Waals surface area contributed by atoms with Crippen molar-refractivity contribution in [1.29, 1.82) is 0 Å². The zero-order valence-electron chi connectivity index (χ0n) is 14.3. The van der Waals surface area contributed by atoms with Gasteiger partial charge in [0, 0.05) is 4.88 Å². The highest BCUT2D eigenvalue weighted by atomic mass is 35.5. The molecule has 1 saturated heterocycles. The smallest absolute Gasteiger partial charge is 0.406 e. The van der Waals surface area contributed by atoms with Gasteiger partial charge in [0.15, 0.2) is 0 Å². The molecule has 0 aliphatic carbocycles. The van der Waals surface area contributed by atoms with Crippen LogP contribution in [0.3, 0.4) is 0 Å². The van der Waals surface area contributed by atoms with E-state index in [0.717, 1.165) is 9.89 Å². The summed E-state index contributed by atoms with van der Waals surface area (Å²) in [6.45, 7) is 0.266. The number of hydrazine groups is 1. The molecule has 2 aromatic rings. The van der Waals surface area contributed by atoms with E-state index < -0.39 is 30.3 Å². The lowest BCUT2D eigenvalue weighted by Gasteiger charge is -2.42. The molecular weight excluding hydrogens is 417 g/mol. The van der Waals surface area contributed by atoms with Gasteiger partial charge in [0.05, 0.1) is 23.9 Å². The van der Waals surface area contributed by atoms with Crippen LogP contribution in [0.15, 0.2) is 51.1 Å². The minimum Gasteiger partial charge on any atom is -0.468 e. The van der Waals surface area contributed by atoms with Crippen molar-refractivity contribution >= 4 is 28.8 Å². The molecular formula is C17H16ClF3N4O2S. The molecule has 4 rings (SSSR count). The molecule has 4 heterocycles. The number of nitrogens with zero attached hydrogens (tertiary/aromatic N) is 1. The third-order valence-electron chi connectivity index (χ3n) is 4.65. The number of hydrogen-bond acceptors (Lipinski definition) is 6. The number of rotatable bonds is 4. The molecule has 0 aromatic carbocycles. The third-order valence-corrected chi connectivity index (χ3v) is 5.92. The highest BCUT2D eigenvalue weighted by Crippen LogP contribution is 2.40. The van der Waals surface area contributed by atoms with Crippen LogP contribution in [0.1, 0.15) is 23.1 Å². The number of alkyl halides is 3. The first-order chi connectivity index (χ1) is 13.3. The number of furan rings is 1. The van der Waals surface area contributed by atoms with Crippen LogP contribution in [0.25, 0.3) is 0 Å². The number of halogens is 4. The van der Waals surface area contributed by atoms with Gasteiger partial charge in [-0.05, 0) is 30.0 Å². The first-order valence-electron chi connectivity index (χ1n) is 8.46. The summed E-state index contributed by atoms with van der Waals surface area (Å²) in [6.07, 6.45) is -4.40. The molecule has 1 fully saturated rings. The predicted molar refractivity (Wildman–Crippen MR) is 96.9 cm³/mol. The Kier molecular flexibility index (Phi) is 5.13. The Morgan fingerprint density at radius 3 is 2.86 bits per heavy atom. The van der Waals surface area contributed by atoms with Crippen LogP contribution >= 0.6 is 22.9 Å². The third kappa shape index (κ3) is 3.64. The summed E-state index contributed by atoms with van der Waals surface area (Å²) in [7, 11) is 0. The van der Waals surface area contributed by atoms with Gasteiger partial charge in [0.1, 0.15) is 23.7 Å². The molecule has 1 unspecified atom stereocenters. The fourth-order valence-electron chi connectivity index (χ4n) is 3.32. The number of carbonyl (C=O) groups is 1. The van der Waals surface area contributed by atoms with E-state index in [2.05, 4.69) is 16.1 Å². The average Bonchev–Trinajstić information content (AvgIpc) is 3.40. The van der Waals surface area contributed by atoms with Crippen LogP contribution in [-0.2, 0) is 11.3 Å². The molecule has 150 valence electrons. The second-order valence-corrected chi connectivity index (χ2v) is 7.87. The van der Waals surface area contributed by atoms with Crippen LogP contribution < -0.4 is 16.1 Å². The van der Waals surface area contributed by atoms with E-state index in [1.54, 1.807) is 12.1 Å². The number of hydrogen-bond donors (Lipinski definition) is 3. The zero-order valence-corrected chi connectivity index (χ0v) is 15.9. The standard InChI is InChI=1S/C17H16ClF3N4O2S/c18-13-14(16(26)22-8-9-3-2-6-28-9)24-25-12(17(19,20)21)7-10(23-15(13)25)11-4-1-5-27-11/h1-6,10,12,15,23-24H,7-8H2,(H,22,26)/t10-,12+,15?/m0/s1. The monoisotopic (exact) mass is 432 g/mol. The van der Waals surface area contributed by atoms with Gasteiger partial charge in [-0.15, -0.1) is 11.3 Å². The Labute approximate surface area is 167 Å². The molecule has 0 bridgehead atoms. The van der Waals surface area contributed by atoms with Gasteiger partial charge >= 0.3 is 6.18 Å². The second-order valence-electron chi connectivity index (χ2n) is 6.43. The number of nitrogens with one attached hydrogen (secondary N) is 3. The maximum absolute atomic E-state index is 13.7. The zero-order chi connectivity index (χ0) is 19.9. The summed E-state index contributed by atoms with van der Waals surface area (Å²) in [5.74, 6) is -0.181. The van der Waals surface area contributed by atoms with Gasteiger partial charge in [0.2, 0.25) is 0 Å². The van der Waals surface area contributed by atoms with Crippen LogP contribution in [-0.4, -0.2) is 29.3 Å². The average molecular weight is 433 g/mol. The van der Waals surface area contributed by atoms with Gasteiger partial charge in [-0.25, -0.2) is 0 Å². The van der Waals surface area contributed by atoms with Crippen LogP contribution in [0.5, 0.6) is 0 Å². The van der Waals surface area contributed by atoms with Crippen molar-refractivity contribution in [3.05, 3.63) is 57.3 Å². The Bertz CT molecular complexity index is 870. The molecule has 1 amide bonds. The van der Waals surface area contributed by atoms with Crippen molar-refractivity contribution in [3.8, 4) is 0 Å². The minimum absolute atomic E-state index is 0.0193.